The molecule has 0 aliphatic carbocycles. The molecule has 6 heterocycles. The van der Waals surface area contributed by atoms with Gasteiger partial charge in [-0.3, -0.25) is 0 Å². The molecule has 76 heavy (non-hydrogen) atoms. The van der Waals surface area contributed by atoms with Crippen LogP contribution in [0.2, 0.25) is 0 Å². The summed E-state index contributed by atoms with van der Waals surface area (Å²) in [6.45, 7) is 23.7. The molecule has 20 nitrogen and oxygen atoms in total. The van der Waals surface area contributed by atoms with E-state index < -0.39 is 14.2 Å². The molecular weight excluding hydrogens is 1220 g/mol. The molecule has 0 aliphatic heterocycles. The second-order valence-electron chi connectivity index (χ2n) is 16.8. The average molecular weight is 1290 g/mol. The van der Waals surface area contributed by atoms with Crippen LogP contribution in [0.15, 0.2) is 84.9 Å². The van der Waals surface area contributed by atoms with E-state index in [1.54, 1.807) is 48.5 Å². The number of aryl methyl sites for hydroxylation is 12. The molecule has 0 fully saturated rings. The summed E-state index contributed by atoms with van der Waals surface area (Å²) in [5.41, 5.74) is 27.2. The maximum atomic E-state index is 10.3. The molecule has 0 bridgehead atoms. The second-order valence-corrected chi connectivity index (χ2v) is 18.4. The van der Waals surface area contributed by atoms with Crippen LogP contribution in [0.3, 0.4) is 0 Å². The van der Waals surface area contributed by atoms with E-state index in [0.29, 0.717) is 0 Å². The van der Waals surface area contributed by atoms with Crippen LogP contribution < -0.4 is 31.6 Å². The number of rotatable bonds is 10. The molecule has 8 aromatic rings. The summed E-state index contributed by atoms with van der Waals surface area (Å²) in [6.07, 6.45) is 0. The van der Waals surface area contributed by atoms with Crippen molar-refractivity contribution in [2.24, 2.45) is 0 Å². The molecule has 28 heteroatoms. The van der Waals surface area contributed by atoms with Crippen molar-refractivity contribution in [1.82, 2.24) is 69.3 Å². The molecule has 0 saturated carbocycles. The Morgan fingerprint density at radius 3 is 0.539 bits per heavy atom. The first-order valence-corrected chi connectivity index (χ1v) is 25.0. The van der Waals surface area contributed by atoms with Crippen molar-refractivity contribution in [3.63, 3.8) is 0 Å². The fourth-order valence-corrected chi connectivity index (χ4v) is 7.99. The molecule has 4 radical (unpaired) electrons. The number of benzene rings is 2. The molecule has 8 rings (SSSR count). The monoisotopic (exact) mass is 1290 g/mol. The van der Waals surface area contributed by atoms with Crippen molar-refractivity contribution in [3.05, 3.63) is 185 Å². The van der Waals surface area contributed by atoms with Crippen LogP contribution in [0.1, 0.15) is 90.6 Å². The molecule has 6 aromatic heterocycles. The molecule has 0 N–H and O–H groups in total. The average Bonchev–Trinajstić information content (AvgIpc) is 4.23. The topological polar surface area (TPSA) is 278 Å². The Kier molecular flexibility index (Phi) is 37.6. The molecule has 0 unspecified atom stereocenters. The van der Waals surface area contributed by atoms with E-state index >= 15 is 0 Å². The van der Waals surface area contributed by atoms with Gasteiger partial charge in [-0.15, -0.1) is 82.6 Å². The third kappa shape index (κ3) is 22.8. The smallest absolute Gasteiger partial charge is 0.851 e. The maximum Gasteiger partial charge on any atom is 3.00 e. The fraction of sp³-hybridized carbons (Fsp3) is 0.375. The summed E-state index contributed by atoms with van der Waals surface area (Å²) in [4.78, 5) is 14.5. The van der Waals surface area contributed by atoms with E-state index in [4.69, 9.17) is 98.0 Å². The van der Waals surface area contributed by atoms with Crippen LogP contribution in [0.5, 0.6) is 0 Å². The molecule has 2 aromatic carbocycles. The minimum Gasteiger partial charge on any atom is -0.851 e. The zero-order chi connectivity index (χ0) is 56.2. The molecule has 0 aliphatic rings. The number of hydrogen-bond acceptors (Lipinski definition) is 12. The largest absolute Gasteiger partial charge is 3.00 e. The molecule has 0 atom stereocenters. The summed E-state index contributed by atoms with van der Waals surface area (Å²) >= 11 is 19.1. The number of nitroso groups, excluding NO2 is 2. The van der Waals surface area contributed by atoms with Gasteiger partial charge in [-0.25, -0.2) is 30.6 Å². The van der Waals surface area contributed by atoms with Gasteiger partial charge in [0.25, 0.3) is 0 Å². The van der Waals surface area contributed by atoms with Gasteiger partial charge in [-0.05, 0) is 154 Å². The van der Waals surface area contributed by atoms with Crippen LogP contribution in [0, 0.1) is 92.9 Å². The van der Waals surface area contributed by atoms with Crippen molar-refractivity contribution < 1.29 is 62.6 Å². The van der Waals surface area contributed by atoms with Gasteiger partial charge in [0.1, 0.15) is 11.2 Å². The standard InChI is InChI=1S/2C15H22BN6.2C8H8O2.2CH2Cl2.2Mo.2NO/c2*1-10-7-13(4)20(17-10)16(21-14(5)8-11(2)18-21)22-15(6)9-12(3)19-22;2*9-5-7-1-2-8(6-10)4-3-7;2*2-1-3;;;2*1-2/h2*7-9,16H,1-6H3;2*1-4H,5-6H2;2*1H2;;;;/q2*-1;2*-2;;;2*+3;;. The summed E-state index contributed by atoms with van der Waals surface area (Å²) in [5.74, 6) is 0. The Morgan fingerprint density at radius 2 is 0.461 bits per heavy atom. The molecule has 0 amide bonds. The predicted octanol–water partition coefficient (Wildman–Crippen LogP) is 4.34. The quantitative estimate of drug-likeness (QED) is 0.137. The van der Waals surface area contributed by atoms with Gasteiger partial charge < -0.3 is 48.0 Å². The van der Waals surface area contributed by atoms with E-state index in [2.05, 4.69) is 105 Å². The molecule has 0 spiro atoms. The SMILES string of the molecule is Cc1cc(C)n([BH-](n2nc(C)cc2C)n2nc(C)cc2C)n1.Cc1cc(C)n([BH-](n2nc(C)cc2C)n2nc(C)cc2C)n1.ClCCl.ClCCl.[Mo+3].[Mo+3].[N]=O.[N]=O.[O-]Cc1ccc(C[O-])cc1.[O-]Cc1ccc(C[O-])cc1. The van der Waals surface area contributed by atoms with Crippen LogP contribution in [0.25, 0.3) is 0 Å². The number of alkyl halides is 4. The number of halogens is 4. The van der Waals surface area contributed by atoms with Gasteiger partial charge >= 0.3 is 56.4 Å². The minimum atomic E-state index is -1.26. The van der Waals surface area contributed by atoms with E-state index in [-0.39, 0.29) is 79.2 Å². The zero-order valence-corrected chi connectivity index (χ0v) is 51.8. The van der Waals surface area contributed by atoms with Crippen molar-refractivity contribution >= 4 is 60.6 Å². The Labute approximate surface area is 494 Å². The van der Waals surface area contributed by atoms with Crippen LogP contribution in [-0.4, -0.2) is 83.1 Å². The number of hydrogen-bond donors (Lipinski definition) is 0. The second kappa shape index (κ2) is 38.9. The van der Waals surface area contributed by atoms with E-state index in [0.717, 1.165) is 90.6 Å². The normalized spacial score (nSPS) is 9.87. The summed E-state index contributed by atoms with van der Waals surface area (Å²) in [6, 6.07) is 26.1. The van der Waals surface area contributed by atoms with Crippen molar-refractivity contribution in [2.45, 2.75) is 110 Å². The van der Waals surface area contributed by atoms with Crippen molar-refractivity contribution in [2.75, 3.05) is 10.7 Å². The minimum absolute atomic E-state index is 0. The zero-order valence-electron chi connectivity index (χ0n) is 44.8. The van der Waals surface area contributed by atoms with Gasteiger partial charge in [-0.1, -0.05) is 70.8 Å². The van der Waals surface area contributed by atoms with Gasteiger partial charge in [-0.2, -0.15) is 0 Å². The van der Waals surface area contributed by atoms with E-state index in [9.17, 15) is 20.4 Å². The number of nitrogens with zero attached hydrogens (tertiary/aromatic N) is 14. The first-order chi connectivity index (χ1) is 35.3. The molecule has 408 valence electrons. The van der Waals surface area contributed by atoms with Crippen molar-refractivity contribution in [3.8, 4) is 0 Å². The Balaban J connectivity index is 0. The summed E-state index contributed by atoms with van der Waals surface area (Å²) < 4.78 is 12.4. The Hall–Kier alpha value is -4.59. The van der Waals surface area contributed by atoms with Crippen LogP contribution in [0.4, 0.5) is 0 Å². The van der Waals surface area contributed by atoms with E-state index in [1.165, 1.54) is 0 Å². The molecule has 0 saturated heterocycles. The van der Waals surface area contributed by atoms with Gasteiger partial charge in [0.15, 0.2) is 0 Å². The van der Waals surface area contributed by atoms with Gasteiger partial charge in [0.05, 0.1) is 44.8 Å². The van der Waals surface area contributed by atoms with Gasteiger partial charge in [0, 0.05) is 0 Å². The fourth-order valence-electron chi connectivity index (χ4n) is 7.99. The molecular formula is C48H64B2Cl4Mo2N14O6. The van der Waals surface area contributed by atoms with Gasteiger partial charge in [0.2, 0.25) is 0 Å². The Morgan fingerprint density at radius 1 is 0.342 bits per heavy atom. The van der Waals surface area contributed by atoms with Crippen LogP contribution in [-0.2, 0) is 68.6 Å². The summed E-state index contributed by atoms with van der Waals surface area (Å²) in [7, 11) is -2.52. The Bertz CT molecular complexity index is 2390. The first-order valence-electron chi connectivity index (χ1n) is 22.9. The number of aromatic nitrogens is 12. The first kappa shape index (κ1) is 73.5. The third-order valence-electron chi connectivity index (χ3n) is 10.9. The van der Waals surface area contributed by atoms with Crippen LogP contribution >= 0.6 is 46.4 Å². The predicted molar refractivity (Wildman–Crippen MR) is 289 cm³/mol. The third-order valence-corrected chi connectivity index (χ3v) is 10.9. The maximum absolute atomic E-state index is 10.3. The summed E-state index contributed by atoms with van der Waals surface area (Å²) in [5, 5.41) is 69.6. The van der Waals surface area contributed by atoms with Crippen molar-refractivity contribution in [1.29, 1.82) is 0 Å². The van der Waals surface area contributed by atoms with E-state index in [1.807, 2.05) is 41.5 Å².